The zero-order valence-electron chi connectivity index (χ0n) is 22.7. The van der Waals surface area contributed by atoms with Gasteiger partial charge in [0.15, 0.2) is 5.78 Å². The van der Waals surface area contributed by atoms with Gasteiger partial charge in [-0.3, -0.25) is 14.4 Å². The third kappa shape index (κ3) is 4.82. The minimum absolute atomic E-state index is 0.0122. The third-order valence-corrected chi connectivity index (χ3v) is 9.77. The average molecular weight is 547 g/mol. The lowest BCUT2D eigenvalue weighted by molar-refractivity contribution is -0.156. The molecule has 2 aromatic rings. The highest BCUT2D eigenvalue weighted by atomic mass is 19.1. The summed E-state index contributed by atoms with van der Waals surface area (Å²) in [5.41, 5.74) is 0.963. The van der Waals surface area contributed by atoms with Gasteiger partial charge in [-0.05, 0) is 97.9 Å². The molecule has 7 rings (SSSR count). The first-order valence-corrected chi connectivity index (χ1v) is 14.3. The SMILES string of the molecule is CC(=O)N1[C@H](C(=O)O)CC(=O)c2ccccc2N(Cc2cccc(F)c2)C(=O)[C@@H]1CC12CC3CC(CC(C3)C1)C2. The summed E-state index contributed by atoms with van der Waals surface area (Å²) in [4.78, 5) is 56.8. The van der Waals surface area contributed by atoms with E-state index in [0.717, 1.165) is 19.3 Å². The van der Waals surface area contributed by atoms with Crippen LogP contribution in [-0.4, -0.2) is 45.7 Å². The fourth-order valence-corrected chi connectivity index (χ4v) is 8.73. The van der Waals surface area contributed by atoms with Crippen molar-refractivity contribution in [3.8, 4) is 0 Å². The number of fused-ring (bicyclic) bond motifs is 1. The number of nitrogens with zero attached hydrogens (tertiary/aromatic N) is 2. The molecule has 1 N–H and O–H groups in total. The zero-order chi connectivity index (χ0) is 28.2. The van der Waals surface area contributed by atoms with Gasteiger partial charge in [-0.2, -0.15) is 0 Å². The van der Waals surface area contributed by atoms with E-state index in [-0.39, 0.29) is 17.5 Å². The quantitative estimate of drug-likeness (QED) is 0.555. The molecule has 40 heavy (non-hydrogen) atoms. The number of amides is 2. The van der Waals surface area contributed by atoms with Crippen LogP contribution in [0.5, 0.6) is 0 Å². The Morgan fingerprint density at radius 1 is 0.975 bits per heavy atom. The fraction of sp³-hybridized carbons (Fsp3) is 0.500. The lowest BCUT2D eigenvalue weighted by Gasteiger charge is -2.58. The van der Waals surface area contributed by atoms with Crippen molar-refractivity contribution < 1.29 is 28.7 Å². The Morgan fingerprint density at radius 2 is 1.62 bits per heavy atom. The molecule has 4 saturated carbocycles. The van der Waals surface area contributed by atoms with E-state index in [1.165, 1.54) is 48.1 Å². The molecule has 2 atom stereocenters. The molecule has 4 bridgehead atoms. The highest BCUT2D eigenvalue weighted by molar-refractivity contribution is 6.10. The standard InChI is InChI=1S/C32H35FN2O5/c1-19(36)35-27(31(39)40)13-29(37)25-7-2-3-8-26(25)34(18-20-5-4-6-24(33)12-20)30(38)28(35)17-32-14-21-9-22(15-32)11-23(10-21)16-32/h2-8,12,21-23,27-28H,9-11,13-18H2,1H3,(H,39,40)/t21?,22?,23?,27-,28-,32?/m0/s1. The summed E-state index contributed by atoms with van der Waals surface area (Å²) in [6.45, 7) is 1.27. The molecular formula is C32H35FN2O5. The lowest BCUT2D eigenvalue weighted by atomic mass is 9.48. The van der Waals surface area contributed by atoms with Crippen LogP contribution in [0.2, 0.25) is 0 Å². The van der Waals surface area contributed by atoms with Gasteiger partial charge in [-0.1, -0.05) is 24.3 Å². The minimum atomic E-state index is -1.46. The summed E-state index contributed by atoms with van der Waals surface area (Å²) in [6, 6.07) is 10.1. The maximum Gasteiger partial charge on any atom is 0.326 e. The first kappa shape index (κ1) is 26.7. The maximum absolute atomic E-state index is 14.8. The summed E-state index contributed by atoms with van der Waals surface area (Å²) in [5, 5.41) is 10.3. The van der Waals surface area contributed by atoms with Crippen LogP contribution in [0.1, 0.15) is 74.2 Å². The Labute approximate surface area is 233 Å². The number of rotatable bonds is 5. The number of aliphatic carboxylic acids is 1. The Kier molecular flexibility index (Phi) is 6.75. The van der Waals surface area contributed by atoms with Crippen molar-refractivity contribution >= 4 is 29.3 Å². The van der Waals surface area contributed by atoms with Crippen LogP contribution in [0.4, 0.5) is 10.1 Å². The van der Waals surface area contributed by atoms with Crippen molar-refractivity contribution in [1.82, 2.24) is 4.90 Å². The van der Waals surface area contributed by atoms with Crippen molar-refractivity contribution in [3.05, 3.63) is 65.5 Å². The van der Waals surface area contributed by atoms with Crippen LogP contribution in [0.3, 0.4) is 0 Å². The number of Topliss-reactive ketones (excluding diaryl/α,β-unsaturated/α-hetero) is 1. The summed E-state index contributed by atoms with van der Waals surface area (Å²) >= 11 is 0. The number of hydrogen-bond donors (Lipinski definition) is 1. The van der Waals surface area contributed by atoms with Gasteiger partial charge in [-0.15, -0.1) is 0 Å². The molecule has 2 aromatic carbocycles. The maximum atomic E-state index is 14.8. The smallest absolute Gasteiger partial charge is 0.326 e. The highest BCUT2D eigenvalue weighted by Crippen LogP contribution is 2.62. The van der Waals surface area contributed by atoms with Crippen LogP contribution in [0.15, 0.2) is 48.5 Å². The first-order valence-electron chi connectivity index (χ1n) is 14.3. The predicted octanol–water partition coefficient (Wildman–Crippen LogP) is 5.22. The summed E-state index contributed by atoms with van der Waals surface area (Å²) in [6.07, 6.45) is 6.50. The number of carbonyl (C=O) groups excluding carboxylic acids is 3. The Balaban J connectivity index is 1.48. The van der Waals surface area contributed by atoms with Gasteiger partial charge in [0.1, 0.15) is 17.9 Å². The number of carboxylic acids is 1. The number of para-hydroxylation sites is 1. The van der Waals surface area contributed by atoms with Crippen molar-refractivity contribution in [1.29, 1.82) is 0 Å². The Morgan fingerprint density at radius 3 is 2.23 bits per heavy atom. The number of anilines is 1. The fourth-order valence-electron chi connectivity index (χ4n) is 8.73. The molecule has 7 nitrogen and oxygen atoms in total. The van der Waals surface area contributed by atoms with Crippen molar-refractivity contribution in [3.63, 3.8) is 0 Å². The number of benzene rings is 2. The number of carboxylic acid groups (broad SMARTS) is 1. The zero-order valence-corrected chi connectivity index (χ0v) is 22.7. The lowest BCUT2D eigenvalue weighted by Crippen LogP contribution is -2.59. The second-order valence-corrected chi connectivity index (χ2v) is 12.6. The largest absolute Gasteiger partial charge is 0.480 e. The number of halogens is 1. The van der Waals surface area contributed by atoms with Gasteiger partial charge in [0.2, 0.25) is 11.8 Å². The topological polar surface area (TPSA) is 95.0 Å². The van der Waals surface area contributed by atoms with Crippen LogP contribution < -0.4 is 4.90 Å². The van der Waals surface area contributed by atoms with Gasteiger partial charge < -0.3 is 14.9 Å². The van der Waals surface area contributed by atoms with Crippen LogP contribution in [0, 0.1) is 29.0 Å². The molecule has 0 radical (unpaired) electrons. The minimum Gasteiger partial charge on any atom is -0.480 e. The predicted molar refractivity (Wildman–Crippen MR) is 146 cm³/mol. The first-order chi connectivity index (χ1) is 19.1. The van der Waals surface area contributed by atoms with E-state index in [9.17, 15) is 28.7 Å². The molecule has 4 fully saturated rings. The van der Waals surface area contributed by atoms with Gasteiger partial charge in [-0.25, -0.2) is 9.18 Å². The summed E-state index contributed by atoms with van der Waals surface area (Å²) in [7, 11) is 0. The second-order valence-electron chi connectivity index (χ2n) is 12.6. The summed E-state index contributed by atoms with van der Waals surface area (Å²) < 4.78 is 14.2. The average Bonchev–Trinajstić information content (AvgIpc) is 2.92. The molecule has 0 aromatic heterocycles. The van der Waals surface area contributed by atoms with E-state index in [4.69, 9.17) is 0 Å². The normalized spacial score (nSPS) is 31.4. The molecule has 4 aliphatic carbocycles. The van der Waals surface area contributed by atoms with Gasteiger partial charge in [0, 0.05) is 18.9 Å². The molecule has 1 heterocycles. The molecule has 0 unspecified atom stereocenters. The van der Waals surface area contributed by atoms with Gasteiger partial charge in [0.05, 0.1) is 12.2 Å². The molecule has 210 valence electrons. The second kappa shape index (κ2) is 10.1. The molecule has 8 heteroatoms. The van der Waals surface area contributed by atoms with Crippen molar-refractivity contribution in [2.45, 2.75) is 76.9 Å². The van der Waals surface area contributed by atoms with Gasteiger partial charge in [0.25, 0.3) is 0 Å². The van der Waals surface area contributed by atoms with Gasteiger partial charge >= 0.3 is 5.97 Å². The number of ketones is 1. The van der Waals surface area contributed by atoms with E-state index in [1.807, 2.05) is 0 Å². The van der Waals surface area contributed by atoms with E-state index in [0.29, 0.717) is 35.4 Å². The van der Waals surface area contributed by atoms with Crippen LogP contribution >= 0.6 is 0 Å². The van der Waals surface area contributed by atoms with E-state index in [1.54, 1.807) is 36.4 Å². The molecule has 1 aliphatic heterocycles. The van der Waals surface area contributed by atoms with Crippen molar-refractivity contribution in [2.75, 3.05) is 4.90 Å². The van der Waals surface area contributed by atoms with E-state index >= 15 is 0 Å². The number of hydrogen-bond acceptors (Lipinski definition) is 4. The van der Waals surface area contributed by atoms with E-state index < -0.39 is 47.9 Å². The Hall–Kier alpha value is -3.55. The highest BCUT2D eigenvalue weighted by Gasteiger charge is 2.54. The Bertz CT molecular complexity index is 1340. The monoisotopic (exact) mass is 546 g/mol. The molecular weight excluding hydrogens is 511 g/mol. The van der Waals surface area contributed by atoms with Crippen LogP contribution in [-0.2, 0) is 20.9 Å². The van der Waals surface area contributed by atoms with E-state index in [2.05, 4.69) is 0 Å². The summed E-state index contributed by atoms with van der Waals surface area (Å²) in [5.74, 6) is -1.37. The molecule has 0 saturated heterocycles. The molecule has 2 amide bonds. The van der Waals surface area contributed by atoms with Crippen LogP contribution in [0.25, 0.3) is 0 Å². The number of carbonyl (C=O) groups is 4. The van der Waals surface area contributed by atoms with Crippen molar-refractivity contribution in [2.24, 2.45) is 23.2 Å². The molecule has 0 spiro atoms. The molecule has 5 aliphatic rings. The third-order valence-electron chi connectivity index (χ3n) is 9.77.